The van der Waals surface area contributed by atoms with Crippen molar-refractivity contribution >= 4 is 35.1 Å². The molecule has 0 bridgehead atoms. The fourth-order valence-corrected chi connectivity index (χ4v) is 1.54. The van der Waals surface area contributed by atoms with Gasteiger partial charge in [0.25, 0.3) is 5.91 Å². The van der Waals surface area contributed by atoms with E-state index in [1.165, 1.54) is 0 Å². The van der Waals surface area contributed by atoms with Crippen LogP contribution in [0.3, 0.4) is 0 Å². The van der Waals surface area contributed by atoms with Crippen molar-refractivity contribution in [3.8, 4) is 0 Å². The lowest BCUT2D eigenvalue weighted by Crippen LogP contribution is -2.37. The number of carboxylic acid groups (broad SMARTS) is 1. The molecule has 8 nitrogen and oxygen atoms in total. The van der Waals surface area contributed by atoms with Gasteiger partial charge in [0.2, 0.25) is 0 Å². The standard InChI is InChI=1S/C8H7N3O5S/c1-4-7(15)11(3-6(13)14)8(17)10(4)2-5(12)9-16/h1-3H2,(H,13,14). The van der Waals surface area contributed by atoms with E-state index in [1.807, 2.05) is 0 Å². The Hall–Kier alpha value is -2.16. The molecular formula is C8H7N3O5S. The third kappa shape index (κ3) is 2.50. The van der Waals surface area contributed by atoms with Crippen LogP contribution in [-0.4, -0.2) is 50.9 Å². The number of nitrogens with zero attached hydrogens (tertiary/aromatic N) is 3. The van der Waals surface area contributed by atoms with E-state index in [9.17, 15) is 19.3 Å². The molecule has 0 radical (unpaired) electrons. The zero-order chi connectivity index (χ0) is 13.2. The minimum atomic E-state index is -1.25. The third-order valence-electron chi connectivity index (χ3n) is 1.97. The van der Waals surface area contributed by atoms with Crippen LogP contribution in [0.15, 0.2) is 17.5 Å². The van der Waals surface area contributed by atoms with E-state index >= 15 is 0 Å². The summed E-state index contributed by atoms with van der Waals surface area (Å²) in [6.45, 7) is 2.22. The molecule has 1 saturated heterocycles. The van der Waals surface area contributed by atoms with Crippen molar-refractivity contribution in [3.05, 3.63) is 17.2 Å². The van der Waals surface area contributed by atoms with E-state index in [1.54, 1.807) is 0 Å². The largest absolute Gasteiger partial charge is 0.480 e. The molecule has 0 spiro atoms. The molecule has 1 aliphatic rings. The van der Waals surface area contributed by atoms with Gasteiger partial charge in [0.05, 0.1) is 0 Å². The van der Waals surface area contributed by atoms with E-state index in [0.717, 1.165) is 9.80 Å². The summed E-state index contributed by atoms with van der Waals surface area (Å²) in [7, 11) is 0. The number of amides is 2. The monoisotopic (exact) mass is 257 g/mol. The van der Waals surface area contributed by atoms with Crippen LogP contribution in [0.1, 0.15) is 0 Å². The molecule has 1 aliphatic heterocycles. The second kappa shape index (κ2) is 4.78. The molecule has 0 unspecified atom stereocenters. The summed E-state index contributed by atoms with van der Waals surface area (Å²) >= 11 is 4.81. The van der Waals surface area contributed by atoms with E-state index in [-0.39, 0.29) is 10.8 Å². The van der Waals surface area contributed by atoms with Crippen LogP contribution in [0, 0.1) is 4.91 Å². The first kappa shape index (κ1) is 12.9. The fraction of sp³-hybridized carbons (Fsp3) is 0.250. The zero-order valence-electron chi connectivity index (χ0n) is 8.45. The number of hydrogen-bond acceptors (Lipinski definition) is 5. The van der Waals surface area contributed by atoms with Crippen LogP contribution in [0.4, 0.5) is 0 Å². The summed E-state index contributed by atoms with van der Waals surface area (Å²) in [5.41, 5.74) is -0.159. The first-order valence-electron chi connectivity index (χ1n) is 4.28. The van der Waals surface area contributed by atoms with Crippen molar-refractivity contribution < 1.29 is 19.5 Å². The molecule has 0 aromatic carbocycles. The van der Waals surface area contributed by atoms with E-state index in [4.69, 9.17) is 17.3 Å². The third-order valence-corrected chi connectivity index (χ3v) is 2.41. The predicted molar refractivity (Wildman–Crippen MR) is 58.6 cm³/mol. The summed E-state index contributed by atoms with van der Waals surface area (Å²) in [6, 6.07) is 0. The molecule has 0 saturated carbocycles. The maximum atomic E-state index is 11.5. The molecule has 9 heteroatoms. The highest BCUT2D eigenvalue weighted by atomic mass is 32.1. The van der Waals surface area contributed by atoms with Gasteiger partial charge in [-0.05, 0) is 12.2 Å². The van der Waals surface area contributed by atoms with Crippen LogP contribution in [0.5, 0.6) is 0 Å². The first-order chi connectivity index (χ1) is 7.88. The fourth-order valence-electron chi connectivity index (χ4n) is 1.22. The Labute approximate surface area is 100 Å². The number of carbonyl (C=O) groups excluding carboxylic acids is 2. The van der Waals surface area contributed by atoms with Gasteiger partial charge in [-0.3, -0.25) is 19.3 Å². The molecule has 0 aliphatic carbocycles. The Balaban J connectivity index is 2.89. The highest BCUT2D eigenvalue weighted by Gasteiger charge is 2.38. The minimum absolute atomic E-state index is 0.159. The van der Waals surface area contributed by atoms with Gasteiger partial charge in [0, 0.05) is 5.18 Å². The maximum absolute atomic E-state index is 11.5. The summed E-state index contributed by atoms with van der Waals surface area (Å²) in [6.07, 6.45) is 0. The molecule has 1 fully saturated rings. The van der Waals surface area contributed by atoms with Gasteiger partial charge in [-0.15, -0.1) is 4.91 Å². The first-order valence-corrected chi connectivity index (χ1v) is 4.69. The number of thiocarbonyl (C=S) groups is 1. The van der Waals surface area contributed by atoms with Crippen LogP contribution in [0.25, 0.3) is 0 Å². The van der Waals surface area contributed by atoms with Gasteiger partial charge >= 0.3 is 11.9 Å². The lowest BCUT2D eigenvalue weighted by atomic mass is 10.4. The smallest absolute Gasteiger partial charge is 0.323 e. The molecule has 1 N–H and O–H groups in total. The number of hydrogen-bond donors (Lipinski definition) is 1. The lowest BCUT2D eigenvalue weighted by Gasteiger charge is -2.16. The summed E-state index contributed by atoms with van der Waals surface area (Å²) < 4.78 is 0. The van der Waals surface area contributed by atoms with Crippen molar-refractivity contribution in [1.82, 2.24) is 9.80 Å². The summed E-state index contributed by atoms with van der Waals surface area (Å²) in [4.78, 5) is 44.6. The molecule has 17 heavy (non-hydrogen) atoms. The molecule has 2 amide bonds. The van der Waals surface area contributed by atoms with Crippen LogP contribution < -0.4 is 0 Å². The van der Waals surface area contributed by atoms with Crippen molar-refractivity contribution in [2.45, 2.75) is 0 Å². The molecular weight excluding hydrogens is 250 g/mol. The zero-order valence-corrected chi connectivity index (χ0v) is 9.27. The van der Waals surface area contributed by atoms with Crippen molar-refractivity contribution in [2.75, 3.05) is 13.1 Å². The van der Waals surface area contributed by atoms with Crippen LogP contribution in [-0.2, 0) is 14.4 Å². The number of aliphatic carboxylic acids is 1. The lowest BCUT2D eigenvalue weighted by molar-refractivity contribution is -0.140. The average Bonchev–Trinajstić information content (AvgIpc) is 2.45. The highest BCUT2D eigenvalue weighted by Crippen LogP contribution is 2.19. The Morgan fingerprint density at radius 2 is 1.94 bits per heavy atom. The molecule has 90 valence electrons. The number of carboxylic acids is 1. The topological polar surface area (TPSA) is 107 Å². The minimum Gasteiger partial charge on any atom is -0.480 e. The van der Waals surface area contributed by atoms with E-state index in [0.29, 0.717) is 0 Å². The number of rotatable bonds is 4. The highest BCUT2D eigenvalue weighted by molar-refractivity contribution is 7.80. The van der Waals surface area contributed by atoms with Gasteiger partial charge < -0.3 is 10.0 Å². The van der Waals surface area contributed by atoms with Crippen molar-refractivity contribution in [2.24, 2.45) is 5.18 Å². The van der Waals surface area contributed by atoms with Gasteiger partial charge in [0.15, 0.2) is 5.11 Å². The Kier molecular flexibility index (Phi) is 3.63. The summed E-state index contributed by atoms with van der Waals surface area (Å²) in [5, 5.41) is 10.5. The molecule has 1 rings (SSSR count). The Morgan fingerprint density at radius 1 is 1.35 bits per heavy atom. The quantitative estimate of drug-likeness (QED) is 0.403. The molecule has 0 aromatic heterocycles. The Morgan fingerprint density at radius 3 is 2.41 bits per heavy atom. The molecule has 0 aromatic rings. The predicted octanol–water partition coefficient (Wildman–Crippen LogP) is -0.693. The van der Waals surface area contributed by atoms with E-state index < -0.39 is 30.9 Å². The van der Waals surface area contributed by atoms with Crippen molar-refractivity contribution in [1.29, 1.82) is 0 Å². The molecule has 1 heterocycles. The summed E-state index contributed by atoms with van der Waals surface area (Å²) in [5.74, 6) is -3.00. The van der Waals surface area contributed by atoms with Gasteiger partial charge in [0.1, 0.15) is 18.8 Å². The SMILES string of the molecule is C=C1C(=O)N(CC(=O)O)C(=S)N1CC(=O)N=O. The average molecular weight is 257 g/mol. The van der Waals surface area contributed by atoms with Gasteiger partial charge in [-0.2, -0.15) is 0 Å². The van der Waals surface area contributed by atoms with Gasteiger partial charge in [-0.1, -0.05) is 6.58 Å². The van der Waals surface area contributed by atoms with Crippen molar-refractivity contribution in [3.63, 3.8) is 0 Å². The number of nitroso groups, excluding NO2 is 1. The molecule has 0 atom stereocenters. The van der Waals surface area contributed by atoms with Gasteiger partial charge in [-0.25, -0.2) is 0 Å². The number of carbonyl (C=O) groups is 3. The second-order valence-electron chi connectivity index (χ2n) is 3.09. The van der Waals surface area contributed by atoms with Crippen LogP contribution >= 0.6 is 12.2 Å². The Bertz CT molecular complexity index is 446. The van der Waals surface area contributed by atoms with Crippen LogP contribution in [0.2, 0.25) is 0 Å². The normalized spacial score (nSPS) is 15.4. The second-order valence-corrected chi connectivity index (χ2v) is 3.45. The van der Waals surface area contributed by atoms with E-state index in [2.05, 4.69) is 11.8 Å². The maximum Gasteiger partial charge on any atom is 0.323 e.